The number of hydrogen-bond donors (Lipinski definition) is 1. The summed E-state index contributed by atoms with van der Waals surface area (Å²) in [5, 5.41) is 0. The second-order valence-electron chi connectivity index (χ2n) is 4.88. The second kappa shape index (κ2) is 6.01. The van der Waals surface area contributed by atoms with Crippen LogP contribution in [-0.2, 0) is 7.05 Å². The van der Waals surface area contributed by atoms with Gasteiger partial charge in [0.2, 0.25) is 0 Å². The van der Waals surface area contributed by atoms with Gasteiger partial charge >= 0.3 is 0 Å². The molecule has 0 radical (unpaired) electrons. The summed E-state index contributed by atoms with van der Waals surface area (Å²) in [5.41, 5.74) is 8.31. The van der Waals surface area contributed by atoms with Gasteiger partial charge in [0.25, 0.3) is 5.56 Å². The molecule has 0 aliphatic carbocycles. The summed E-state index contributed by atoms with van der Waals surface area (Å²) in [7, 11) is 4.89. The minimum absolute atomic E-state index is 0.104. The van der Waals surface area contributed by atoms with E-state index in [1.54, 1.807) is 50.1 Å². The highest BCUT2D eigenvalue weighted by Gasteiger charge is 2.18. The van der Waals surface area contributed by atoms with Gasteiger partial charge in [0.05, 0.1) is 20.3 Å². The van der Waals surface area contributed by atoms with Crippen LogP contribution in [0.25, 0.3) is 0 Å². The molecule has 1 aromatic carbocycles. The zero-order chi connectivity index (χ0) is 15.6. The first kappa shape index (κ1) is 15.1. The number of ether oxygens (including phenoxy) is 2. The van der Waals surface area contributed by atoms with Gasteiger partial charge in [-0.3, -0.25) is 4.79 Å². The number of benzene rings is 1. The molecule has 0 saturated carbocycles. The van der Waals surface area contributed by atoms with Crippen molar-refractivity contribution >= 4 is 0 Å². The summed E-state index contributed by atoms with van der Waals surface area (Å²) in [6, 6.07) is 8.44. The number of rotatable bonds is 4. The van der Waals surface area contributed by atoms with Crippen molar-refractivity contribution in [2.45, 2.75) is 13.0 Å². The number of nitrogens with two attached hydrogens (primary N) is 1. The van der Waals surface area contributed by atoms with E-state index in [1.807, 2.05) is 13.0 Å². The topological polar surface area (TPSA) is 66.5 Å². The number of nitrogens with zero attached hydrogens (tertiary/aromatic N) is 1. The largest absolute Gasteiger partial charge is 0.497 e. The van der Waals surface area contributed by atoms with Crippen LogP contribution >= 0.6 is 0 Å². The van der Waals surface area contributed by atoms with Gasteiger partial charge in [0.1, 0.15) is 11.5 Å². The van der Waals surface area contributed by atoms with Crippen LogP contribution in [0.2, 0.25) is 0 Å². The van der Waals surface area contributed by atoms with Gasteiger partial charge in [-0.1, -0.05) is 0 Å². The highest BCUT2D eigenvalue weighted by atomic mass is 16.5. The van der Waals surface area contributed by atoms with Crippen LogP contribution in [0.5, 0.6) is 11.5 Å². The van der Waals surface area contributed by atoms with E-state index in [0.29, 0.717) is 17.1 Å². The zero-order valence-corrected chi connectivity index (χ0v) is 12.7. The first-order valence-corrected chi connectivity index (χ1v) is 6.63. The third-order valence-corrected chi connectivity index (χ3v) is 3.69. The lowest BCUT2D eigenvalue weighted by Crippen LogP contribution is -2.28. The first-order chi connectivity index (χ1) is 9.99. The number of aryl methyl sites for hydroxylation is 1. The van der Waals surface area contributed by atoms with Crippen molar-refractivity contribution in [1.82, 2.24) is 4.57 Å². The van der Waals surface area contributed by atoms with Crippen LogP contribution in [0.3, 0.4) is 0 Å². The zero-order valence-electron chi connectivity index (χ0n) is 12.7. The number of aromatic nitrogens is 1. The molecule has 0 saturated heterocycles. The fourth-order valence-corrected chi connectivity index (χ4v) is 2.23. The Hall–Kier alpha value is -2.27. The van der Waals surface area contributed by atoms with Crippen molar-refractivity contribution in [3.63, 3.8) is 0 Å². The van der Waals surface area contributed by atoms with E-state index >= 15 is 0 Å². The van der Waals surface area contributed by atoms with Gasteiger partial charge in [0, 0.05) is 23.9 Å². The molecule has 1 aromatic heterocycles. The van der Waals surface area contributed by atoms with Gasteiger partial charge in [-0.2, -0.15) is 0 Å². The van der Waals surface area contributed by atoms with E-state index in [9.17, 15) is 4.79 Å². The SMILES string of the molecule is COc1ccc(OC)c(C(N)c2ccc(C)n(C)c2=O)c1. The Balaban J connectivity index is 2.56. The van der Waals surface area contributed by atoms with Gasteiger partial charge in [-0.25, -0.2) is 0 Å². The molecule has 0 fully saturated rings. The molecular formula is C16H20N2O3. The lowest BCUT2D eigenvalue weighted by molar-refractivity contribution is 0.397. The van der Waals surface area contributed by atoms with Crippen molar-refractivity contribution in [3.05, 3.63) is 57.5 Å². The molecular weight excluding hydrogens is 268 g/mol. The average molecular weight is 288 g/mol. The summed E-state index contributed by atoms with van der Waals surface area (Å²) < 4.78 is 12.1. The predicted molar refractivity (Wildman–Crippen MR) is 82.0 cm³/mol. The lowest BCUT2D eigenvalue weighted by atomic mass is 9.99. The second-order valence-corrected chi connectivity index (χ2v) is 4.88. The van der Waals surface area contributed by atoms with Crippen molar-refractivity contribution in [1.29, 1.82) is 0 Å². The molecule has 0 spiro atoms. The average Bonchev–Trinajstić information content (AvgIpc) is 2.51. The van der Waals surface area contributed by atoms with Gasteiger partial charge in [-0.15, -0.1) is 0 Å². The van der Waals surface area contributed by atoms with Crippen LogP contribution < -0.4 is 20.8 Å². The van der Waals surface area contributed by atoms with Crippen LogP contribution in [0.15, 0.2) is 35.1 Å². The fraction of sp³-hybridized carbons (Fsp3) is 0.312. The third kappa shape index (κ3) is 2.78. The fourth-order valence-electron chi connectivity index (χ4n) is 2.23. The minimum atomic E-state index is -0.575. The highest BCUT2D eigenvalue weighted by Crippen LogP contribution is 2.30. The maximum Gasteiger partial charge on any atom is 0.255 e. The first-order valence-electron chi connectivity index (χ1n) is 6.63. The molecule has 0 aliphatic rings. The standard InChI is InChI=1S/C16H20N2O3/c1-10-5-7-12(16(19)18(10)2)15(17)13-9-11(20-3)6-8-14(13)21-4/h5-9,15H,17H2,1-4H3. The molecule has 2 aromatic rings. The summed E-state index contributed by atoms with van der Waals surface area (Å²) in [4.78, 5) is 12.4. The Bertz CT molecular complexity index is 707. The van der Waals surface area contributed by atoms with Crippen LogP contribution in [0.4, 0.5) is 0 Å². The Kier molecular flexibility index (Phi) is 4.33. The molecule has 1 atom stereocenters. The summed E-state index contributed by atoms with van der Waals surface area (Å²) in [6.45, 7) is 1.88. The van der Waals surface area contributed by atoms with Crippen LogP contribution in [0.1, 0.15) is 22.9 Å². The summed E-state index contributed by atoms with van der Waals surface area (Å²) in [5.74, 6) is 1.30. The van der Waals surface area contributed by atoms with Gasteiger partial charge in [0.15, 0.2) is 0 Å². The monoisotopic (exact) mass is 288 g/mol. The molecule has 112 valence electrons. The molecule has 21 heavy (non-hydrogen) atoms. The van der Waals surface area contributed by atoms with Crippen molar-refractivity contribution in [2.75, 3.05) is 14.2 Å². The van der Waals surface area contributed by atoms with E-state index < -0.39 is 6.04 Å². The molecule has 1 heterocycles. The maximum atomic E-state index is 12.4. The number of pyridine rings is 1. The van der Waals surface area contributed by atoms with E-state index in [2.05, 4.69) is 0 Å². The summed E-state index contributed by atoms with van der Waals surface area (Å²) in [6.07, 6.45) is 0. The Labute approximate surface area is 123 Å². The Morgan fingerprint density at radius 1 is 1.10 bits per heavy atom. The van der Waals surface area contributed by atoms with Crippen molar-refractivity contribution in [3.8, 4) is 11.5 Å². The van der Waals surface area contributed by atoms with E-state index in [4.69, 9.17) is 15.2 Å². The van der Waals surface area contributed by atoms with E-state index in [1.165, 1.54) is 0 Å². The molecule has 0 bridgehead atoms. The maximum absolute atomic E-state index is 12.4. The molecule has 1 unspecified atom stereocenters. The van der Waals surface area contributed by atoms with E-state index in [0.717, 1.165) is 11.3 Å². The van der Waals surface area contributed by atoms with Gasteiger partial charge < -0.3 is 19.8 Å². The molecule has 5 heteroatoms. The smallest absolute Gasteiger partial charge is 0.255 e. The van der Waals surface area contributed by atoms with Crippen molar-refractivity contribution in [2.24, 2.45) is 12.8 Å². The quantitative estimate of drug-likeness (QED) is 0.931. The van der Waals surface area contributed by atoms with Crippen LogP contribution in [0, 0.1) is 6.92 Å². The molecule has 5 nitrogen and oxygen atoms in total. The molecule has 2 N–H and O–H groups in total. The predicted octanol–water partition coefficient (Wildman–Crippen LogP) is 1.76. The van der Waals surface area contributed by atoms with E-state index in [-0.39, 0.29) is 5.56 Å². The number of hydrogen-bond acceptors (Lipinski definition) is 4. The lowest BCUT2D eigenvalue weighted by Gasteiger charge is -2.17. The minimum Gasteiger partial charge on any atom is -0.497 e. The molecule has 2 rings (SSSR count). The molecule has 0 aliphatic heterocycles. The van der Waals surface area contributed by atoms with Crippen molar-refractivity contribution < 1.29 is 9.47 Å². The number of methoxy groups -OCH3 is 2. The normalized spacial score (nSPS) is 12.0. The summed E-state index contributed by atoms with van der Waals surface area (Å²) >= 11 is 0. The highest BCUT2D eigenvalue weighted by molar-refractivity contribution is 5.45. The molecule has 0 amide bonds. The Morgan fingerprint density at radius 3 is 2.43 bits per heavy atom. The van der Waals surface area contributed by atoms with Gasteiger partial charge in [-0.05, 0) is 37.3 Å². The Morgan fingerprint density at radius 2 is 1.81 bits per heavy atom. The third-order valence-electron chi connectivity index (χ3n) is 3.69. The van der Waals surface area contributed by atoms with Crippen LogP contribution in [-0.4, -0.2) is 18.8 Å².